The topological polar surface area (TPSA) is 55.4 Å². The van der Waals surface area contributed by atoms with Crippen molar-refractivity contribution in [3.05, 3.63) is 58.1 Å². The molecule has 24 heavy (non-hydrogen) atoms. The first-order valence-electron chi connectivity index (χ1n) is 6.63. The van der Waals surface area contributed by atoms with Crippen LogP contribution in [-0.2, 0) is 22.7 Å². The fourth-order valence-electron chi connectivity index (χ4n) is 2.06. The Morgan fingerprint density at radius 3 is 2.46 bits per heavy atom. The van der Waals surface area contributed by atoms with Crippen LogP contribution in [0, 0.1) is 0 Å². The maximum atomic E-state index is 13.0. The summed E-state index contributed by atoms with van der Waals surface area (Å²) in [6.07, 6.45) is -4.56. The van der Waals surface area contributed by atoms with Gasteiger partial charge in [0.15, 0.2) is 0 Å². The minimum absolute atomic E-state index is 0.0924. The Morgan fingerprint density at radius 2 is 1.83 bits per heavy atom. The summed E-state index contributed by atoms with van der Waals surface area (Å²) in [6.45, 7) is -0.492. The van der Waals surface area contributed by atoms with E-state index >= 15 is 0 Å². The molecule has 0 saturated carbocycles. The minimum Gasteiger partial charge on any atom is -0.495 e. The van der Waals surface area contributed by atoms with Crippen LogP contribution in [0.15, 0.2) is 51.8 Å². The zero-order chi connectivity index (χ0) is 18.0. The molecular formula is C15H13BrF3NO3S. The highest BCUT2D eigenvalue weighted by molar-refractivity contribution is 9.10. The number of benzene rings is 2. The van der Waals surface area contributed by atoms with Gasteiger partial charge in [0.1, 0.15) is 10.6 Å². The molecule has 2 aromatic rings. The van der Waals surface area contributed by atoms with Gasteiger partial charge in [-0.2, -0.15) is 13.2 Å². The van der Waals surface area contributed by atoms with Gasteiger partial charge in [-0.05, 0) is 29.8 Å². The van der Waals surface area contributed by atoms with Gasteiger partial charge in [0, 0.05) is 11.0 Å². The van der Waals surface area contributed by atoms with Gasteiger partial charge in [-0.1, -0.05) is 34.1 Å². The van der Waals surface area contributed by atoms with E-state index in [-0.39, 0.29) is 16.2 Å². The van der Waals surface area contributed by atoms with Crippen molar-refractivity contribution in [3.8, 4) is 5.75 Å². The Hall–Kier alpha value is -1.58. The second kappa shape index (κ2) is 7.12. The summed E-state index contributed by atoms with van der Waals surface area (Å²) in [4.78, 5) is -0.163. The molecule has 0 radical (unpaired) electrons. The van der Waals surface area contributed by atoms with Gasteiger partial charge in [0.2, 0.25) is 10.0 Å². The third-order valence-electron chi connectivity index (χ3n) is 3.19. The molecule has 0 heterocycles. The first-order chi connectivity index (χ1) is 11.1. The van der Waals surface area contributed by atoms with E-state index in [4.69, 9.17) is 4.74 Å². The third kappa shape index (κ3) is 4.28. The average molecular weight is 424 g/mol. The van der Waals surface area contributed by atoms with Crippen LogP contribution in [0.4, 0.5) is 13.2 Å². The first kappa shape index (κ1) is 18.8. The van der Waals surface area contributed by atoms with Crippen molar-refractivity contribution in [1.29, 1.82) is 0 Å². The van der Waals surface area contributed by atoms with Crippen molar-refractivity contribution < 1.29 is 26.3 Å². The smallest absolute Gasteiger partial charge is 0.416 e. The normalized spacial score (nSPS) is 12.2. The molecule has 0 spiro atoms. The lowest BCUT2D eigenvalue weighted by atomic mass is 10.1. The molecule has 0 atom stereocenters. The van der Waals surface area contributed by atoms with E-state index in [2.05, 4.69) is 20.7 Å². The van der Waals surface area contributed by atoms with Crippen LogP contribution in [0.5, 0.6) is 5.75 Å². The Morgan fingerprint density at radius 1 is 1.17 bits per heavy atom. The Balaban J connectivity index is 2.31. The molecule has 1 N–H and O–H groups in total. The number of rotatable bonds is 5. The maximum absolute atomic E-state index is 13.0. The van der Waals surface area contributed by atoms with Gasteiger partial charge in [-0.3, -0.25) is 0 Å². The molecule has 4 nitrogen and oxygen atoms in total. The predicted octanol–water partition coefficient (Wildman–Crippen LogP) is 3.96. The summed E-state index contributed by atoms with van der Waals surface area (Å²) >= 11 is 3.16. The average Bonchev–Trinajstić information content (AvgIpc) is 2.52. The molecule has 0 aliphatic heterocycles. The Kier molecular flexibility index (Phi) is 5.56. The van der Waals surface area contributed by atoms with Gasteiger partial charge in [-0.25, -0.2) is 13.1 Å². The number of halogens is 4. The van der Waals surface area contributed by atoms with Gasteiger partial charge < -0.3 is 4.74 Å². The monoisotopic (exact) mass is 423 g/mol. The quantitative estimate of drug-likeness (QED) is 0.791. The number of methoxy groups -OCH3 is 1. The molecule has 0 aromatic heterocycles. The third-order valence-corrected chi connectivity index (χ3v) is 5.11. The van der Waals surface area contributed by atoms with E-state index < -0.39 is 28.3 Å². The summed E-state index contributed by atoms with van der Waals surface area (Å²) in [5, 5.41) is 0. The van der Waals surface area contributed by atoms with Crippen molar-refractivity contribution in [2.75, 3.05) is 7.11 Å². The fraction of sp³-hybridized carbons (Fsp3) is 0.200. The molecule has 2 rings (SSSR count). The van der Waals surface area contributed by atoms with Crippen LogP contribution < -0.4 is 9.46 Å². The molecule has 0 unspecified atom stereocenters. The van der Waals surface area contributed by atoms with Crippen LogP contribution in [-0.4, -0.2) is 15.5 Å². The predicted molar refractivity (Wildman–Crippen MR) is 86.2 cm³/mol. The van der Waals surface area contributed by atoms with Crippen LogP contribution in [0.1, 0.15) is 11.1 Å². The minimum atomic E-state index is -4.56. The number of sulfonamides is 1. The molecular weight excluding hydrogens is 411 g/mol. The number of hydrogen-bond acceptors (Lipinski definition) is 3. The second-order valence-electron chi connectivity index (χ2n) is 4.77. The lowest BCUT2D eigenvalue weighted by molar-refractivity contribution is -0.138. The van der Waals surface area contributed by atoms with E-state index in [1.165, 1.54) is 37.4 Å². The SMILES string of the molecule is COc1ccc(Br)cc1S(=O)(=O)NCc1ccccc1C(F)(F)F. The molecule has 9 heteroatoms. The first-order valence-corrected chi connectivity index (χ1v) is 8.91. The van der Waals surface area contributed by atoms with Crippen molar-refractivity contribution in [3.63, 3.8) is 0 Å². The van der Waals surface area contributed by atoms with Gasteiger partial charge >= 0.3 is 6.18 Å². The van der Waals surface area contributed by atoms with Gasteiger partial charge in [-0.15, -0.1) is 0 Å². The number of nitrogens with one attached hydrogen (secondary N) is 1. The highest BCUT2D eigenvalue weighted by atomic mass is 79.9. The molecule has 0 amide bonds. The summed E-state index contributed by atoms with van der Waals surface area (Å²) in [5.74, 6) is 0.0924. The Labute approximate surface area is 145 Å². The zero-order valence-electron chi connectivity index (χ0n) is 12.4. The maximum Gasteiger partial charge on any atom is 0.416 e. The second-order valence-corrected chi connectivity index (χ2v) is 7.43. The summed E-state index contributed by atoms with van der Waals surface area (Å²) in [7, 11) is -2.75. The molecule has 0 bridgehead atoms. The van der Waals surface area contributed by atoms with Crippen LogP contribution in [0.3, 0.4) is 0 Å². The van der Waals surface area contributed by atoms with E-state index in [0.717, 1.165) is 6.07 Å². The van der Waals surface area contributed by atoms with E-state index in [9.17, 15) is 21.6 Å². The zero-order valence-corrected chi connectivity index (χ0v) is 14.8. The van der Waals surface area contributed by atoms with Gasteiger partial charge in [0.25, 0.3) is 0 Å². The lowest BCUT2D eigenvalue weighted by Crippen LogP contribution is -2.25. The van der Waals surface area contributed by atoms with Crippen molar-refractivity contribution >= 4 is 26.0 Å². The standard InChI is InChI=1S/C15H13BrF3NO3S/c1-23-13-7-6-11(16)8-14(13)24(21,22)20-9-10-4-2-3-5-12(10)15(17,18)19/h2-8,20H,9H2,1H3. The molecule has 130 valence electrons. The van der Waals surface area contributed by atoms with E-state index in [1.54, 1.807) is 6.07 Å². The number of alkyl halides is 3. The molecule has 0 fully saturated rings. The summed E-state index contributed by atoms with van der Waals surface area (Å²) in [5.41, 5.74) is -1.04. The highest BCUT2D eigenvalue weighted by Crippen LogP contribution is 2.32. The van der Waals surface area contributed by atoms with Crippen molar-refractivity contribution in [1.82, 2.24) is 4.72 Å². The highest BCUT2D eigenvalue weighted by Gasteiger charge is 2.33. The number of hydrogen-bond donors (Lipinski definition) is 1. The summed E-state index contributed by atoms with van der Waals surface area (Å²) in [6, 6.07) is 9.15. The van der Waals surface area contributed by atoms with Crippen LogP contribution in [0.25, 0.3) is 0 Å². The fourth-order valence-corrected chi connectivity index (χ4v) is 3.77. The van der Waals surface area contributed by atoms with E-state index in [0.29, 0.717) is 4.47 Å². The van der Waals surface area contributed by atoms with Gasteiger partial charge in [0.05, 0.1) is 12.7 Å². The van der Waals surface area contributed by atoms with E-state index in [1.807, 2.05) is 0 Å². The van der Waals surface area contributed by atoms with Crippen molar-refractivity contribution in [2.45, 2.75) is 17.6 Å². The van der Waals surface area contributed by atoms with Crippen LogP contribution in [0.2, 0.25) is 0 Å². The molecule has 0 aliphatic carbocycles. The number of ether oxygens (including phenoxy) is 1. The molecule has 0 aliphatic rings. The lowest BCUT2D eigenvalue weighted by Gasteiger charge is -2.14. The largest absolute Gasteiger partial charge is 0.495 e. The summed E-state index contributed by atoms with van der Waals surface area (Å²) < 4.78 is 71.4. The molecule has 2 aromatic carbocycles. The molecule has 0 saturated heterocycles. The van der Waals surface area contributed by atoms with Crippen LogP contribution >= 0.6 is 15.9 Å². The Bertz CT molecular complexity index is 838. The van der Waals surface area contributed by atoms with Crippen molar-refractivity contribution in [2.24, 2.45) is 0 Å².